The van der Waals surface area contributed by atoms with Gasteiger partial charge in [-0.2, -0.15) is 0 Å². The number of rotatable bonds is 3. The highest BCUT2D eigenvalue weighted by Gasteiger charge is 2.34. The van der Waals surface area contributed by atoms with Crippen LogP contribution < -0.4 is 5.32 Å². The maximum atomic E-state index is 12.0. The Morgan fingerprint density at radius 1 is 1.35 bits per heavy atom. The molecule has 2 atom stereocenters. The first-order chi connectivity index (χ1) is 7.82. The molecule has 1 rings (SSSR count). The molecule has 17 heavy (non-hydrogen) atoms. The van der Waals surface area contributed by atoms with Crippen molar-refractivity contribution in [1.29, 1.82) is 0 Å². The lowest BCUT2D eigenvalue weighted by molar-refractivity contribution is -0.145. The van der Waals surface area contributed by atoms with E-state index in [0.717, 1.165) is 12.8 Å². The third kappa shape index (κ3) is 3.88. The van der Waals surface area contributed by atoms with Gasteiger partial charge in [0.1, 0.15) is 6.04 Å². The van der Waals surface area contributed by atoms with Crippen LogP contribution in [-0.4, -0.2) is 23.0 Å². The number of carboxylic acid groups (broad SMARTS) is 1. The number of carbonyl (C=O) groups excluding carboxylic acids is 1. The highest BCUT2D eigenvalue weighted by Crippen LogP contribution is 2.22. The van der Waals surface area contributed by atoms with Crippen LogP contribution >= 0.6 is 0 Å². The molecule has 0 aromatic heterocycles. The van der Waals surface area contributed by atoms with E-state index >= 15 is 0 Å². The third-order valence-electron chi connectivity index (χ3n) is 3.04. The van der Waals surface area contributed by atoms with Crippen LogP contribution in [0.4, 0.5) is 0 Å². The third-order valence-corrected chi connectivity index (χ3v) is 3.04. The van der Waals surface area contributed by atoms with Crippen molar-refractivity contribution in [3.63, 3.8) is 0 Å². The first kappa shape index (κ1) is 13.7. The topological polar surface area (TPSA) is 66.4 Å². The van der Waals surface area contributed by atoms with Gasteiger partial charge in [-0.05, 0) is 24.7 Å². The van der Waals surface area contributed by atoms with Crippen LogP contribution in [0.15, 0.2) is 12.2 Å². The largest absolute Gasteiger partial charge is 0.480 e. The zero-order valence-corrected chi connectivity index (χ0v) is 10.7. The number of carbonyl (C=O) groups is 2. The van der Waals surface area contributed by atoms with E-state index in [0.29, 0.717) is 6.42 Å². The van der Waals surface area contributed by atoms with E-state index < -0.39 is 17.4 Å². The highest BCUT2D eigenvalue weighted by atomic mass is 16.4. The lowest BCUT2D eigenvalue weighted by Gasteiger charge is -2.29. The van der Waals surface area contributed by atoms with Crippen LogP contribution in [-0.2, 0) is 9.59 Å². The van der Waals surface area contributed by atoms with Crippen molar-refractivity contribution in [3.05, 3.63) is 12.2 Å². The summed E-state index contributed by atoms with van der Waals surface area (Å²) in [7, 11) is 0. The average molecular weight is 239 g/mol. The summed E-state index contributed by atoms with van der Waals surface area (Å²) >= 11 is 0. The molecule has 4 heteroatoms. The van der Waals surface area contributed by atoms with E-state index in [1.54, 1.807) is 0 Å². The van der Waals surface area contributed by atoms with Gasteiger partial charge in [0.25, 0.3) is 0 Å². The smallest absolute Gasteiger partial charge is 0.326 e. The van der Waals surface area contributed by atoms with Crippen LogP contribution in [0.5, 0.6) is 0 Å². The Kier molecular flexibility index (Phi) is 4.32. The van der Waals surface area contributed by atoms with Gasteiger partial charge in [0.05, 0.1) is 0 Å². The fourth-order valence-electron chi connectivity index (χ4n) is 1.94. The lowest BCUT2D eigenvalue weighted by Crippen LogP contribution is -2.50. The number of amides is 1. The highest BCUT2D eigenvalue weighted by molar-refractivity contribution is 5.85. The minimum atomic E-state index is -0.975. The summed E-state index contributed by atoms with van der Waals surface area (Å²) in [6, 6.07) is -0.832. The molecule has 0 aromatic carbocycles. The molecular weight excluding hydrogens is 218 g/mol. The predicted molar refractivity (Wildman–Crippen MR) is 65.5 cm³/mol. The van der Waals surface area contributed by atoms with Gasteiger partial charge in [-0.3, -0.25) is 4.79 Å². The predicted octanol–water partition coefficient (Wildman–Crippen LogP) is 1.96. The normalized spacial score (nSPS) is 21.9. The van der Waals surface area contributed by atoms with Gasteiger partial charge in [0.15, 0.2) is 0 Å². The van der Waals surface area contributed by atoms with Crippen molar-refractivity contribution in [2.75, 3.05) is 0 Å². The Morgan fingerprint density at radius 3 is 2.41 bits per heavy atom. The maximum absolute atomic E-state index is 12.0. The van der Waals surface area contributed by atoms with Crippen molar-refractivity contribution in [2.24, 2.45) is 11.3 Å². The van der Waals surface area contributed by atoms with Gasteiger partial charge in [0, 0.05) is 5.92 Å². The van der Waals surface area contributed by atoms with Crippen molar-refractivity contribution in [3.8, 4) is 0 Å². The number of allylic oxidation sites excluding steroid dienone is 2. The van der Waals surface area contributed by atoms with E-state index in [-0.39, 0.29) is 11.8 Å². The second kappa shape index (κ2) is 5.34. The molecule has 0 bridgehead atoms. The maximum Gasteiger partial charge on any atom is 0.326 e. The standard InChI is InChI=1S/C13H21NO3/c1-13(2,3)10(12(16)17)14-11(15)9-7-5-4-6-8-9/h4-5,9-10H,6-8H2,1-3H3,(H,14,15)(H,16,17)/t9?,10-/m1/s1. The summed E-state index contributed by atoms with van der Waals surface area (Å²) < 4.78 is 0. The van der Waals surface area contributed by atoms with E-state index in [9.17, 15) is 9.59 Å². The molecule has 0 radical (unpaired) electrons. The second-order valence-corrected chi connectivity index (χ2v) is 5.63. The van der Waals surface area contributed by atoms with Crippen LogP contribution in [0, 0.1) is 11.3 Å². The molecule has 96 valence electrons. The van der Waals surface area contributed by atoms with E-state index in [4.69, 9.17) is 5.11 Å². The minimum Gasteiger partial charge on any atom is -0.480 e. The zero-order chi connectivity index (χ0) is 13.1. The second-order valence-electron chi connectivity index (χ2n) is 5.63. The van der Waals surface area contributed by atoms with Crippen LogP contribution in [0.25, 0.3) is 0 Å². The van der Waals surface area contributed by atoms with Crippen LogP contribution in [0.1, 0.15) is 40.0 Å². The fourth-order valence-corrected chi connectivity index (χ4v) is 1.94. The molecule has 1 unspecified atom stereocenters. The monoisotopic (exact) mass is 239 g/mol. The molecule has 1 aliphatic rings. The van der Waals surface area contributed by atoms with Crippen LogP contribution in [0.3, 0.4) is 0 Å². The Labute approximate surface area is 102 Å². The van der Waals surface area contributed by atoms with Crippen LogP contribution in [0.2, 0.25) is 0 Å². The number of hydrogen-bond donors (Lipinski definition) is 2. The molecule has 0 saturated carbocycles. The zero-order valence-electron chi connectivity index (χ0n) is 10.7. The molecule has 4 nitrogen and oxygen atoms in total. The summed E-state index contributed by atoms with van der Waals surface area (Å²) in [5.74, 6) is -1.20. The molecule has 0 fully saturated rings. The Bertz CT molecular complexity index is 328. The van der Waals surface area contributed by atoms with Gasteiger partial charge in [0.2, 0.25) is 5.91 Å². The number of aliphatic carboxylic acids is 1. The Hall–Kier alpha value is -1.32. The summed E-state index contributed by atoms with van der Waals surface area (Å²) in [5.41, 5.74) is -0.480. The molecule has 0 aromatic rings. The lowest BCUT2D eigenvalue weighted by atomic mass is 9.85. The molecule has 0 saturated heterocycles. The summed E-state index contributed by atoms with van der Waals surface area (Å²) in [6.07, 6.45) is 6.45. The molecule has 1 aliphatic carbocycles. The molecule has 0 aliphatic heterocycles. The Morgan fingerprint density at radius 2 is 2.00 bits per heavy atom. The van der Waals surface area contributed by atoms with E-state index in [2.05, 4.69) is 11.4 Å². The molecular formula is C13H21NO3. The van der Waals surface area contributed by atoms with E-state index in [1.165, 1.54) is 0 Å². The SMILES string of the molecule is CC(C)(C)[C@H](NC(=O)C1CC=CCC1)C(=O)O. The van der Waals surface area contributed by atoms with Crippen molar-refractivity contribution in [2.45, 2.75) is 46.1 Å². The molecule has 2 N–H and O–H groups in total. The van der Waals surface area contributed by atoms with Gasteiger partial charge >= 0.3 is 5.97 Å². The summed E-state index contributed by atoms with van der Waals surface area (Å²) in [4.78, 5) is 23.1. The molecule has 0 spiro atoms. The first-order valence-electron chi connectivity index (χ1n) is 6.00. The number of carboxylic acids is 1. The van der Waals surface area contributed by atoms with Crippen molar-refractivity contribution in [1.82, 2.24) is 5.32 Å². The van der Waals surface area contributed by atoms with Gasteiger partial charge in [-0.15, -0.1) is 0 Å². The summed E-state index contributed by atoms with van der Waals surface area (Å²) in [6.45, 7) is 5.44. The molecule has 1 amide bonds. The number of hydrogen-bond acceptors (Lipinski definition) is 2. The van der Waals surface area contributed by atoms with Crippen molar-refractivity contribution < 1.29 is 14.7 Å². The van der Waals surface area contributed by atoms with Gasteiger partial charge < -0.3 is 10.4 Å². The van der Waals surface area contributed by atoms with E-state index in [1.807, 2.05) is 26.8 Å². The van der Waals surface area contributed by atoms with Gasteiger partial charge in [-0.1, -0.05) is 32.9 Å². The van der Waals surface area contributed by atoms with Crippen molar-refractivity contribution >= 4 is 11.9 Å². The first-order valence-corrected chi connectivity index (χ1v) is 6.00. The number of nitrogens with one attached hydrogen (secondary N) is 1. The van der Waals surface area contributed by atoms with Gasteiger partial charge in [-0.25, -0.2) is 4.79 Å². The minimum absolute atomic E-state index is 0.0794. The quantitative estimate of drug-likeness (QED) is 0.740. The Balaban J connectivity index is 2.64. The molecule has 0 heterocycles. The average Bonchev–Trinajstić information content (AvgIpc) is 2.24. The fraction of sp³-hybridized carbons (Fsp3) is 0.692. The summed E-state index contributed by atoms with van der Waals surface area (Å²) in [5, 5.41) is 11.8.